The van der Waals surface area contributed by atoms with Crippen LogP contribution in [0.2, 0.25) is 0 Å². The molecule has 8 nitrogen and oxygen atoms in total. The fourth-order valence-corrected chi connectivity index (χ4v) is 2.20. The fraction of sp³-hybridized carbons (Fsp3) is 0.462. The Morgan fingerprint density at radius 2 is 1.95 bits per heavy atom. The van der Waals surface area contributed by atoms with E-state index in [-0.39, 0.29) is 0 Å². The van der Waals surface area contributed by atoms with Crippen LogP contribution in [0.4, 0.5) is 5.82 Å². The number of unbranched alkanes of at least 4 members (excludes halogenated alkanes) is 1. The zero-order valence-corrected chi connectivity index (χ0v) is 12.2. The molecular weight excluding hydrogens is 268 g/mol. The molecular formula is C13H18N8. The van der Waals surface area contributed by atoms with E-state index in [0.29, 0.717) is 5.78 Å². The number of fused-ring (bicyclic) bond motifs is 1. The predicted molar refractivity (Wildman–Crippen MR) is 78.0 cm³/mol. The molecule has 0 amide bonds. The van der Waals surface area contributed by atoms with E-state index in [2.05, 4.69) is 30.6 Å². The lowest BCUT2D eigenvalue weighted by molar-refractivity contribution is 0.618. The molecule has 0 aliphatic rings. The van der Waals surface area contributed by atoms with Crippen molar-refractivity contribution < 1.29 is 0 Å². The van der Waals surface area contributed by atoms with Gasteiger partial charge in [0.05, 0.1) is 0 Å². The first-order valence-corrected chi connectivity index (χ1v) is 6.99. The summed E-state index contributed by atoms with van der Waals surface area (Å²) >= 11 is 0. The molecule has 0 unspecified atom stereocenters. The van der Waals surface area contributed by atoms with Crippen LogP contribution in [0.5, 0.6) is 0 Å². The number of anilines is 1. The van der Waals surface area contributed by atoms with Crippen molar-refractivity contribution in [3.8, 4) is 0 Å². The van der Waals surface area contributed by atoms with Gasteiger partial charge in [-0.25, -0.2) is 4.98 Å². The Morgan fingerprint density at radius 1 is 1.14 bits per heavy atom. The second-order valence-corrected chi connectivity index (χ2v) is 4.98. The van der Waals surface area contributed by atoms with Crippen molar-refractivity contribution in [2.75, 3.05) is 11.9 Å². The highest BCUT2D eigenvalue weighted by molar-refractivity contribution is 5.51. The van der Waals surface area contributed by atoms with E-state index in [1.165, 1.54) is 6.33 Å². The lowest BCUT2D eigenvalue weighted by atomic mass is 10.2. The minimum atomic E-state index is 0.630. The van der Waals surface area contributed by atoms with Crippen LogP contribution in [0.15, 0.2) is 19.0 Å². The Balaban J connectivity index is 1.60. The van der Waals surface area contributed by atoms with Crippen LogP contribution in [0.3, 0.4) is 0 Å². The number of aryl methyl sites for hydroxylation is 2. The second-order valence-electron chi connectivity index (χ2n) is 4.98. The molecule has 0 saturated heterocycles. The minimum Gasteiger partial charge on any atom is -0.370 e. The van der Waals surface area contributed by atoms with E-state index < -0.39 is 0 Å². The van der Waals surface area contributed by atoms with Gasteiger partial charge in [0, 0.05) is 24.3 Å². The SMILES string of the molecule is Cc1nc2ncnn2c(NCCCCn2cnnc2)c1C. The molecule has 0 aliphatic carbocycles. The molecule has 8 heteroatoms. The van der Waals surface area contributed by atoms with Crippen molar-refractivity contribution in [1.29, 1.82) is 0 Å². The number of nitrogens with zero attached hydrogens (tertiary/aromatic N) is 7. The maximum absolute atomic E-state index is 4.41. The van der Waals surface area contributed by atoms with Crippen molar-refractivity contribution in [2.45, 2.75) is 33.2 Å². The van der Waals surface area contributed by atoms with E-state index >= 15 is 0 Å². The molecule has 0 radical (unpaired) electrons. The first-order chi connectivity index (χ1) is 10.3. The average Bonchev–Trinajstić information content (AvgIpc) is 3.13. The van der Waals surface area contributed by atoms with Gasteiger partial charge in [0.2, 0.25) is 0 Å². The summed E-state index contributed by atoms with van der Waals surface area (Å²) in [6.45, 7) is 5.84. The van der Waals surface area contributed by atoms with Crippen molar-refractivity contribution in [1.82, 2.24) is 34.3 Å². The fourth-order valence-electron chi connectivity index (χ4n) is 2.20. The van der Waals surface area contributed by atoms with Crippen LogP contribution in [0.25, 0.3) is 5.78 Å². The quantitative estimate of drug-likeness (QED) is 0.686. The molecule has 0 bridgehead atoms. The molecule has 0 spiro atoms. The largest absolute Gasteiger partial charge is 0.370 e. The minimum absolute atomic E-state index is 0.630. The molecule has 110 valence electrons. The molecule has 1 N–H and O–H groups in total. The van der Waals surface area contributed by atoms with Crippen molar-refractivity contribution in [3.63, 3.8) is 0 Å². The van der Waals surface area contributed by atoms with E-state index in [1.807, 2.05) is 18.4 Å². The van der Waals surface area contributed by atoms with Crippen LogP contribution >= 0.6 is 0 Å². The van der Waals surface area contributed by atoms with Crippen molar-refractivity contribution in [3.05, 3.63) is 30.2 Å². The number of rotatable bonds is 6. The summed E-state index contributed by atoms with van der Waals surface area (Å²) in [5.74, 6) is 1.60. The van der Waals surface area contributed by atoms with Gasteiger partial charge in [-0.15, -0.1) is 10.2 Å². The Hall–Kier alpha value is -2.51. The zero-order valence-electron chi connectivity index (χ0n) is 12.2. The maximum atomic E-state index is 4.41. The van der Waals surface area contributed by atoms with Crippen LogP contribution in [0, 0.1) is 13.8 Å². The van der Waals surface area contributed by atoms with Crippen LogP contribution in [-0.4, -0.2) is 40.9 Å². The third kappa shape index (κ3) is 2.83. The lowest BCUT2D eigenvalue weighted by Crippen LogP contribution is -2.11. The molecule has 3 heterocycles. The Labute approximate surface area is 122 Å². The van der Waals surface area contributed by atoms with Gasteiger partial charge in [-0.1, -0.05) is 0 Å². The molecule has 0 aliphatic heterocycles. The number of hydrogen-bond donors (Lipinski definition) is 1. The van der Waals surface area contributed by atoms with Gasteiger partial charge in [0.25, 0.3) is 5.78 Å². The first-order valence-electron chi connectivity index (χ1n) is 6.99. The molecule has 0 atom stereocenters. The van der Waals surface area contributed by atoms with Gasteiger partial charge >= 0.3 is 0 Å². The van der Waals surface area contributed by atoms with Gasteiger partial charge in [0.1, 0.15) is 24.8 Å². The van der Waals surface area contributed by atoms with E-state index in [1.54, 1.807) is 17.2 Å². The van der Waals surface area contributed by atoms with Crippen molar-refractivity contribution >= 4 is 11.6 Å². The number of nitrogens with one attached hydrogen (secondary N) is 1. The van der Waals surface area contributed by atoms with Crippen molar-refractivity contribution in [2.24, 2.45) is 0 Å². The van der Waals surface area contributed by atoms with Crippen LogP contribution in [0.1, 0.15) is 24.1 Å². The standard InChI is InChI=1S/C13H18N8/c1-10-11(2)19-13-15-7-18-21(13)12(10)14-5-3-4-6-20-8-16-17-9-20/h7-9,14H,3-6H2,1-2H3. The number of aromatic nitrogens is 7. The third-order valence-electron chi connectivity index (χ3n) is 3.51. The van der Waals surface area contributed by atoms with Gasteiger partial charge in [-0.3, -0.25) is 0 Å². The monoisotopic (exact) mass is 286 g/mol. The topological polar surface area (TPSA) is 85.8 Å². The highest BCUT2D eigenvalue weighted by Gasteiger charge is 2.10. The summed E-state index contributed by atoms with van der Waals surface area (Å²) in [6.07, 6.45) is 7.12. The summed E-state index contributed by atoms with van der Waals surface area (Å²) in [5.41, 5.74) is 2.08. The Kier molecular flexibility index (Phi) is 3.76. The Bertz CT molecular complexity index is 715. The molecule has 0 saturated carbocycles. The highest BCUT2D eigenvalue weighted by Crippen LogP contribution is 2.17. The molecule has 0 fully saturated rings. The second kappa shape index (κ2) is 5.86. The molecule has 3 aromatic rings. The predicted octanol–water partition coefficient (Wildman–Crippen LogP) is 1.22. The first kappa shape index (κ1) is 13.5. The van der Waals surface area contributed by atoms with E-state index in [4.69, 9.17) is 0 Å². The summed E-state index contributed by atoms with van der Waals surface area (Å²) in [5, 5.41) is 15.2. The smallest absolute Gasteiger partial charge is 0.254 e. The van der Waals surface area contributed by atoms with Crippen LogP contribution in [-0.2, 0) is 6.54 Å². The Morgan fingerprint density at radius 3 is 2.76 bits per heavy atom. The average molecular weight is 286 g/mol. The molecule has 3 rings (SSSR count). The van der Waals surface area contributed by atoms with Gasteiger partial charge in [-0.05, 0) is 26.7 Å². The molecule has 21 heavy (non-hydrogen) atoms. The van der Waals surface area contributed by atoms with E-state index in [0.717, 1.165) is 43.0 Å². The summed E-state index contributed by atoms with van der Waals surface area (Å²) in [6, 6.07) is 0. The summed E-state index contributed by atoms with van der Waals surface area (Å²) in [7, 11) is 0. The maximum Gasteiger partial charge on any atom is 0.254 e. The highest BCUT2D eigenvalue weighted by atomic mass is 15.4. The zero-order chi connectivity index (χ0) is 14.7. The lowest BCUT2D eigenvalue weighted by Gasteiger charge is -2.12. The number of hydrogen-bond acceptors (Lipinski definition) is 6. The normalized spacial score (nSPS) is 11.1. The summed E-state index contributed by atoms with van der Waals surface area (Å²) < 4.78 is 3.74. The summed E-state index contributed by atoms with van der Waals surface area (Å²) in [4.78, 5) is 8.55. The third-order valence-corrected chi connectivity index (χ3v) is 3.51. The van der Waals surface area contributed by atoms with Crippen LogP contribution < -0.4 is 5.32 Å². The molecule has 3 aromatic heterocycles. The van der Waals surface area contributed by atoms with Gasteiger partial charge < -0.3 is 9.88 Å². The van der Waals surface area contributed by atoms with E-state index in [9.17, 15) is 0 Å². The van der Waals surface area contributed by atoms with Gasteiger partial charge in [0.15, 0.2) is 0 Å². The van der Waals surface area contributed by atoms with Gasteiger partial charge in [-0.2, -0.15) is 14.6 Å². The molecule has 0 aromatic carbocycles.